The molecule has 2 heterocycles. The van der Waals surface area contributed by atoms with E-state index in [1.807, 2.05) is 0 Å². The van der Waals surface area contributed by atoms with Crippen LogP contribution in [0.25, 0.3) is 0 Å². The van der Waals surface area contributed by atoms with E-state index in [9.17, 15) is 26.4 Å². The molecule has 1 atom stereocenters. The molecule has 0 aromatic carbocycles. The van der Waals surface area contributed by atoms with E-state index in [4.69, 9.17) is 4.74 Å². The molecule has 1 aliphatic heterocycles. The van der Waals surface area contributed by atoms with Crippen LogP contribution in [-0.4, -0.2) is 52.9 Å². The second-order valence-electron chi connectivity index (χ2n) is 9.07. The Bertz CT molecular complexity index is 931. The summed E-state index contributed by atoms with van der Waals surface area (Å²) in [4.78, 5) is 14.1. The lowest BCUT2D eigenvalue weighted by Gasteiger charge is -2.30. The van der Waals surface area contributed by atoms with E-state index in [2.05, 4.69) is 9.28 Å². The quantitative estimate of drug-likeness (QED) is 0.494. The predicted molar refractivity (Wildman–Crippen MR) is 105 cm³/mol. The smallest absolute Gasteiger partial charge is 0.444 e. The number of nitrogens with zero attached hydrogens (tertiary/aromatic N) is 3. The van der Waals surface area contributed by atoms with Gasteiger partial charge in [-0.2, -0.15) is 26.7 Å². The van der Waals surface area contributed by atoms with Crippen molar-refractivity contribution in [1.82, 2.24) is 14.7 Å². The second-order valence-corrected chi connectivity index (χ2v) is 10.6. The molecule has 0 bridgehead atoms. The molecule has 1 aromatic heterocycles. The number of carbonyl (C=O) groups is 1. The predicted octanol–water partition coefficient (Wildman–Crippen LogP) is 3.95. The van der Waals surface area contributed by atoms with Crippen molar-refractivity contribution >= 4 is 16.2 Å². The molecule has 0 radical (unpaired) electrons. The summed E-state index contributed by atoms with van der Waals surface area (Å²) in [5.74, 6) is -0.392. The molecule has 2 aliphatic rings. The lowest BCUT2D eigenvalue weighted by atomic mass is 10.1. The Morgan fingerprint density at radius 2 is 1.77 bits per heavy atom. The number of hydrogen-bond donors (Lipinski definition) is 0. The average molecular weight is 468 g/mol. The number of aromatic nitrogens is 2. The van der Waals surface area contributed by atoms with Crippen molar-refractivity contribution < 1.29 is 35.3 Å². The molecule has 1 aromatic rings. The molecule has 0 saturated heterocycles. The van der Waals surface area contributed by atoms with Crippen molar-refractivity contribution in [3.05, 3.63) is 11.3 Å². The zero-order valence-electron chi connectivity index (χ0n) is 18.0. The summed E-state index contributed by atoms with van der Waals surface area (Å²) in [5, 5.41) is 4.44. The van der Waals surface area contributed by atoms with E-state index in [1.54, 1.807) is 27.7 Å². The van der Waals surface area contributed by atoms with Crippen LogP contribution in [0.2, 0.25) is 0 Å². The van der Waals surface area contributed by atoms with Gasteiger partial charge in [-0.3, -0.25) is 0 Å². The largest absolute Gasteiger partial charge is 0.534 e. The van der Waals surface area contributed by atoms with E-state index >= 15 is 0 Å². The van der Waals surface area contributed by atoms with Crippen molar-refractivity contribution in [1.29, 1.82) is 0 Å². The van der Waals surface area contributed by atoms with Gasteiger partial charge in [0.1, 0.15) is 5.60 Å². The van der Waals surface area contributed by atoms with Crippen LogP contribution in [0.1, 0.15) is 70.7 Å². The fourth-order valence-corrected chi connectivity index (χ4v) is 4.46. The number of halogens is 3. The molecule has 8 nitrogen and oxygen atoms in total. The Balaban J connectivity index is 1.96. The summed E-state index contributed by atoms with van der Waals surface area (Å²) in [6.07, 6.45) is 2.93. The Morgan fingerprint density at radius 3 is 2.32 bits per heavy atom. The molecule has 1 amide bonds. The molecule has 1 unspecified atom stereocenters. The van der Waals surface area contributed by atoms with Gasteiger partial charge < -0.3 is 13.8 Å². The third-order valence-corrected chi connectivity index (χ3v) is 6.38. The normalized spacial score (nSPS) is 21.0. The number of amides is 1. The third-order valence-electron chi connectivity index (χ3n) is 5.43. The van der Waals surface area contributed by atoms with Crippen LogP contribution < -0.4 is 4.18 Å². The number of carbonyl (C=O) groups excluding carboxylic acids is 1. The van der Waals surface area contributed by atoms with Crippen LogP contribution in [-0.2, 0) is 27.7 Å². The number of fused-ring (bicyclic) bond motifs is 1. The van der Waals surface area contributed by atoms with Gasteiger partial charge >= 0.3 is 21.7 Å². The molecule has 1 aliphatic carbocycles. The van der Waals surface area contributed by atoms with Gasteiger partial charge in [0.2, 0.25) is 5.88 Å². The highest BCUT2D eigenvalue weighted by molar-refractivity contribution is 7.87. The lowest BCUT2D eigenvalue weighted by Crippen LogP contribution is -2.43. The molecule has 0 spiro atoms. The average Bonchev–Trinajstić information content (AvgIpc) is 3.18. The van der Waals surface area contributed by atoms with Crippen LogP contribution >= 0.6 is 0 Å². The topological polar surface area (TPSA) is 90.7 Å². The number of hydrogen-bond acceptors (Lipinski definition) is 6. The molecule has 12 heteroatoms. The molecule has 31 heavy (non-hydrogen) atoms. The lowest BCUT2D eigenvalue weighted by molar-refractivity contribution is -0.0503. The summed E-state index contributed by atoms with van der Waals surface area (Å²) < 4.78 is 74.1. The Kier molecular flexibility index (Phi) is 6.25. The van der Waals surface area contributed by atoms with Crippen molar-refractivity contribution in [3.8, 4) is 5.88 Å². The number of rotatable bonds is 3. The SMILES string of the molecule is CC1Cc2c(nn(C3CCCC3)c2OS(=O)(=O)C(F)(F)F)CCN1C(=O)OC(C)(C)C. The minimum atomic E-state index is -5.86. The molecular weight excluding hydrogens is 439 g/mol. The second kappa shape index (κ2) is 8.18. The molecule has 0 N–H and O–H groups in total. The maximum absolute atomic E-state index is 13.0. The third kappa shape index (κ3) is 5.09. The van der Waals surface area contributed by atoms with Gasteiger partial charge in [0.15, 0.2) is 0 Å². The zero-order valence-corrected chi connectivity index (χ0v) is 18.8. The van der Waals surface area contributed by atoms with E-state index in [0.29, 0.717) is 24.1 Å². The van der Waals surface area contributed by atoms with Crippen LogP contribution in [0, 0.1) is 0 Å². The Hall–Kier alpha value is -1.98. The molecule has 1 fully saturated rings. The first kappa shape index (κ1) is 23.7. The number of ether oxygens (including phenoxy) is 1. The van der Waals surface area contributed by atoms with Crippen molar-refractivity contribution in [2.75, 3.05) is 6.54 Å². The fraction of sp³-hybridized carbons (Fsp3) is 0.789. The van der Waals surface area contributed by atoms with E-state index in [0.717, 1.165) is 12.8 Å². The van der Waals surface area contributed by atoms with E-state index < -0.39 is 39.2 Å². The fourth-order valence-electron chi connectivity index (χ4n) is 3.98. The van der Waals surface area contributed by atoms with Gasteiger partial charge in [-0.05, 0) is 47.0 Å². The Morgan fingerprint density at radius 1 is 1.16 bits per heavy atom. The van der Waals surface area contributed by atoms with E-state index in [1.165, 1.54) is 9.58 Å². The first-order valence-electron chi connectivity index (χ1n) is 10.3. The standard InChI is InChI=1S/C19H28F3N3O5S/c1-12-11-14-15(9-10-24(12)17(26)29-18(2,3)4)23-25(13-7-5-6-8-13)16(14)30-31(27,28)19(20,21)22/h12-13H,5-11H2,1-4H3. The van der Waals surface area contributed by atoms with Crippen LogP contribution in [0.5, 0.6) is 5.88 Å². The van der Waals surface area contributed by atoms with E-state index in [-0.39, 0.29) is 25.4 Å². The molecular formula is C19H28F3N3O5S. The summed E-state index contributed by atoms with van der Waals surface area (Å²) in [6.45, 7) is 7.19. The van der Waals surface area contributed by atoms with Crippen LogP contribution in [0.3, 0.4) is 0 Å². The van der Waals surface area contributed by atoms with Gasteiger partial charge in [0, 0.05) is 24.6 Å². The maximum Gasteiger partial charge on any atom is 0.534 e. The van der Waals surface area contributed by atoms with Crippen molar-refractivity contribution in [3.63, 3.8) is 0 Å². The monoisotopic (exact) mass is 467 g/mol. The summed E-state index contributed by atoms with van der Waals surface area (Å²) in [6, 6.07) is -0.670. The van der Waals surface area contributed by atoms with Gasteiger partial charge in [-0.25, -0.2) is 9.48 Å². The molecule has 3 rings (SSSR count). The van der Waals surface area contributed by atoms with Gasteiger partial charge in [0.25, 0.3) is 0 Å². The highest BCUT2D eigenvalue weighted by Gasteiger charge is 2.50. The zero-order chi connectivity index (χ0) is 23.2. The van der Waals surface area contributed by atoms with Crippen molar-refractivity contribution in [2.24, 2.45) is 0 Å². The highest BCUT2D eigenvalue weighted by atomic mass is 32.2. The van der Waals surface area contributed by atoms with Gasteiger partial charge in [-0.1, -0.05) is 12.8 Å². The molecule has 1 saturated carbocycles. The summed E-state index contributed by atoms with van der Waals surface area (Å²) >= 11 is 0. The first-order valence-corrected chi connectivity index (χ1v) is 11.7. The van der Waals surface area contributed by atoms with Crippen LogP contribution in [0.15, 0.2) is 0 Å². The molecule has 176 valence electrons. The summed E-state index contributed by atoms with van der Waals surface area (Å²) in [5.41, 5.74) is -5.52. The minimum Gasteiger partial charge on any atom is -0.444 e. The summed E-state index contributed by atoms with van der Waals surface area (Å²) in [7, 11) is -5.86. The number of alkyl halides is 3. The minimum absolute atomic E-state index is 0.101. The first-order chi connectivity index (χ1) is 14.2. The van der Waals surface area contributed by atoms with Gasteiger partial charge in [-0.15, -0.1) is 0 Å². The highest BCUT2D eigenvalue weighted by Crippen LogP contribution is 2.39. The van der Waals surface area contributed by atoms with Gasteiger partial charge in [0.05, 0.1) is 11.7 Å². The Labute approximate surface area is 179 Å². The van der Waals surface area contributed by atoms with Crippen LogP contribution in [0.4, 0.5) is 18.0 Å². The maximum atomic E-state index is 13.0. The van der Waals surface area contributed by atoms with Crippen molar-refractivity contribution in [2.45, 2.75) is 89.4 Å².